The van der Waals surface area contributed by atoms with E-state index in [2.05, 4.69) is 30.3 Å². The molecule has 1 aromatic carbocycles. The highest BCUT2D eigenvalue weighted by atomic mass is 15.6. The number of hydrogen-bond acceptors (Lipinski definition) is 7. The molecule has 1 fully saturated rings. The molecule has 0 saturated carbocycles. The minimum atomic E-state index is 0.359. The minimum absolute atomic E-state index is 0.359. The number of amidine groups is 1. The summed E-state index contributed by atoms with van der Waals surface area (Å²) >= 11 is 0. The van der Waals surface area contributed by atoms with Gasteiger partial charge in [0.25, 0.3) is 0 Å². The quantitative estimate of drug-likeness (QED) is 0.158. The maximum Gasteiger partial charge on any atom is 0.152 e. The largest absolute Gasteiger partial charge is 0.382 e. The second-order valence-corrected chi connectivity index (χ2v) is 7.57. The average Bonchev–Trinajstić information content (AvgIpc) is 3.10. The molecule has 6 N–H and O–H groups in total. The summed E-state index contributed by atoms with van der Waals surface area (Å²) in [6.45, 7) is 4.48. The predicted octanol–water partition coefficient (Wildman–Crippen LogP) is 1.82. The second kappa shape index (κ2) is 8.62. The van der Waals surface area contributed by atoms with Crippen LogP contribution in [0.4, 0.5) is 5.82 Å². The van der Waals surface area contributed by atoms with E-state index < -0.39 is 0 Å². The van der Waals surface area contributed by atoms with Gasteiger partial charge in [-0.1, -0.05) is 18.6 Å². The first kappa shape index (κ1) is 19.4. The number of hydrogen-bond donors (Lipinski definition) is 4. The van der Waals surface area contributed by atoms with Crippen LogP contribution < -0.4 is 16.9 Å². The number of fused-ring (bicyclic) bond motifs is 3. The molecule has 0 radical (unpaired) electrons. The lowest BCUT2D eigenvalue weighted by atomic mass is 10.1. The highest BCUT2D eigenvalue weighted by Crippen LogP contribution is 2.29. The van der Waals surface area contributed by atoms with Crippen LogP contribution >= 0.6 is 0 Å². The number of benzene rings is 1. The lowest BCUT2D eigenvalue weighted by molar-refractivity contribution is 0.228. The van der Waals surface area contributed by atoms with Crippen LogP contribution in [-0.4, -0.2) is 64.0 Å². The van der Waals surface area contributed by atoms with Crippen molar-refractivity contribution in [2.75, 3.05) is 38.5 Å². The zero-order valence-electron chi connectivity index (χ0n) is 16.9. The van der Waals surface area contributed by atoms with Gasteiger partial charge in [0, 0.05) is 30.1 Å². The van der Waals surface area contributed by atoms with Crippen molar-refractivity contribution in [3.63, 3.8) is 0 Å². The SMILES string of the molecule is CN(N)/N=C(\N)c1ccc2c(c1)[nH]c1ncnc(NCCCN3CCCCC3)c12. The fourth-order valence-corrected chi connectivity index (χ4v) is 3.94. The molecule has 0 atom stereocenters. The fraction of sp³-hybridized carbons (Fsp3) is 0.450. The lowest BCUT2D eigenvalue weighted by Gasteiger charge is -2.26. The molecule has 0 bridgehead atoms. The molecule has 3 aromatic rings. The molecule has 4 rings (SSSR count). The second-order valence-electron chi connectivity index (χ2n) is 7.57. The first-order valence-corrected chi connectivity index (χ1v) is 10.2. The third kappa shape index (κ3) is 4.41. The van der Waals surface area contributed by atoms with Crippen LogP contribution in [-0.2, 0) is 0 Å². The molecule has 0 spiro atoms. The van der Waals surface area contributed by atoms with Crippen molar-refractivity contribution in [3.05, 3.63) is 30.1 Å². The molecular formula is C20H29N9. The molecule has 9 heteroatoms. The van der Waals surface area contributed by atoms with Gasteiger partial charge >= 0.3 is 0 Å². The fourth-order valence-electron chi connectivity index (χ4n) is 3.94. The van der Waals surface area contributed by atoms with Crippen LogP contribution in [0.3, 0.4) is 0 Å². The van der Waals surface area contributed by atoms with E-state index in [1.165, 1.54) is 37.5 Å². The van der Waals surface area contributed by atoms with Crippen LogP contribution in [0.15, 0.2) is 29.6 Å². The number of hydrazone groups is 1. The Bertz CT molecular complexity index is 1000. The summed E-state index contributed by atoms with van der Waals surface area (Å²) in [6, 6.07) is 5.91. The van der Waals surface area contributed by atoms with Crippen molar-refractivity contribution >= 4 is 33.6 Å². The number of rotatable bonds is 7. The Morgan fingerprint density at radius 2 is 2.10 bits per heavy atom. The molecule has 29 heavy (non-hydrogen) atoms. The molecule has 9 nitrogen and oxygen atoms in total. The summed E-state index contributed by atoms with van der Waals surface area (Å²) < 4.78 is 0. The summed E-state index contributed by atoms with van der Waals surface area (Å²) in [7, 11) is 1.63. The number of piperidine rings is 1. The van der Waals surface area contributed by atoms with Crippen LogP contribution in [0, 0.1) is 0 Å². The Hall–Kier alpha value is -2.91. The van der Waals surface area contributed by atoms with E-state index in [9.17, 15) is 0 Å². The van der Waals surface area contributed by atoms with Crippen molar-refractivity contribution in [1.82, 2.24) is 25.0 Å². The normalized spacial score (nSPS) is 15.9. The molecule has 0 unspecified atom stereocenters. The maximum atomic E-state index is 6.02. The van der Waals surface area contributed by atoms with Crippen molar-refractivity contribution in [3.8, 4) is 0 Å². The molecule has 3 heterocycles. The molecule has 154 valence electrons. The monoisotopic (exact) mass is 395 g/mol. The van der Waals surface area contributed by atoms with Crippen molar-refractivity contribution < 1.29 is 0 Å². The summed E-state index contributed by atoms with van der Waals surface area (Å²) in [5, 5.41) is 10.8. The molecule has 1 aliphatic heterocycles. The van der Waals surface area contributed by atoms with E-state index in [0.29, 0.717) is 5.84 Å². The van der Waals surface area contributed by atoms with Crippen LogP contribution in [0.25, 0.3) is 21.9 Å². The lowest BCUT2D eigenvalue weighted by Crippen LogP contribution is -2.31. The molecular weight excluding hydrogens is 366 g/mol. The van der Waals surface area contributed by atoms with E-state index in [0.717, 1.165) is 52.8 Å². The van der Waals surface area contributed by atoms with Gasteiger partial charge in [0.15, 0.2) is 5.84 Å². The molecule has 2 aromatic heterocycles. The summed E-state index contributed by atoms with van der Waals surface area (Å²) in [6.07, 6.45) is 6.71. The third-order valence-corrected chi connectivity index (χ3v) is 5.34. The number of nitrogens with zero attached hydrogens (tertiary/aromatic N) is 5. The van der Waals surface area contributed by atoms with Crippen LogP contribution in [0.5, 0.6) is 0 Å². The van der Waals surface area contributed by atoms with Crippen molar-refractivity contribution in [2.24, 2.45) is 16.7 Å². The number of hydrazine groups is 1. The standard InChI is InChI=1S/C20H29N9/c1-28(22)27-18(21)14-6-7-15-16(12-14)26-20-17(15)19(24-13-25-20)23-8-5-11-29-9-3-2-4-10-29/h6-7,12-13H,2-5,8-11,22H2,1H3,(H2,21,27)(H2,23,24,25,26). The molecule has 1 aliphatic rings. The van der Waals surface area contributed by atoms with Gasteiger partial charge in [-0.05, 0) is 45.0 Å². The number of H-pyrrole nitrogens is 1. The van der Waals surface area contributed by atoms with E-state index >= 15 is 0 Å². The number of anilines is 1. The zero-order chi connectivity index (χ0) is 20.2. The van der Waals surface area contributed by atoms with E-state index in [4.69, 9.17) is 11.6 Å². The van der Waals surface area contributed by atoms with E-state index in [1.54, 1.807) is 13.4 Å². The average molecular weight is 396 g/mol. The number of aromatic amines is 1. The van der Waals surface area contributed by atoms with Gasteiger partial charge in [-0.3, -0.25) is 0 Å². The van der Waals surface area contributed by atoms with Gasteiger partial charge in [0.2, 0.25) is 0 Å². The predicted molar refractivity (Wildman–Crippen MR) is 117 cm³/mol. The zero-order valence-corrected chi connectivity index (χ0v) is 16.9. The van der Waals surface area contributed by atoms with E-state index in [1.807, 2.05) is 18.2 Å². The number of likely N-dealkylation sites (tertiary alicyclic amines) is 1. The Morgan fingerprint density at radius 3 is 2.90 bits per heavy atom. The minimum Gasteiger partial charge on any atom is -0.382 e. The van der Waals surface area contributed by atoms with Crippen molar-refractivity contribution in [2.45, 2.75) is 25.7 Å². The molecule has 1 saturated heterocycles. The topological polar surface area (TPSA) is 124 Å². The summed E-state index contributed by atoms with van der Waals surface area (Å²) in [5.41, 5.74) is 8.56. The van der Waals surface area contributed by atoms with Gasteiger partial charge in [0.1, 0.15) is 17.8 Å². The Labute approximate surface area is 170 Å². The number of nitrogens with two attached hydrogens (primary N) is 2. The van der Waals surface area contributed by atoms with Gasteiger partial charge in [-0.2, -0.15) is 0 Å². The molecule has 0 amide bonds. The van der Waals surface area contributed by atoms with Gasteiger partial charge in [-0.25, -0.2) is 20.9 Å². The molecule has 0 aliphatic carbocycles. The Kier molecular flexibility index (Phi) is 5.77. The van der Waals surface area contributed by atoms with E-state index in [-0.39, 0.29) is 0 Å². The van der Waals surface area contributed by atoms with Crippen LogP contribution in [0.1, 0.15) is 31.2 Å². The first-order valence-electron chi connectivity index (χ1n) is 10.2. The van der Waals surface area contributed by atoms with Crippen LogP contribution in [0.2, 0.25) is 0 Å². The van der Waals surface area contributed by atoms with Gasteiger partial charge in [-0.15, -0.1) is 5.10 Å². The highest BCUT2D eigenvalue weighted by molar-refractivity contribution is 6.12. The maximum absolute atomic E-state index is 6.02. The summed E-state index contributed by atoms with van der Waals surface area (Å²) in [5.74, 6) is 6.77. The Morgan fingerprint density at radius 1 is 1.28 bits per heavy atom. The summed E-state index contributed by atoms with van der Waals surface area (Å²) in [4.78, 5) is 14.8. The third-order valence-electron chi connectivity index (χ3n) is 5.34. The number of nitrogens with one attached hydrogen (secondary N) is 2. The highest BCUT2D eigenvalue weighted by Gasteiger charge is 2.13. The number of aromatic nitrogens is 3. The van der Waals surface area contributed by atoms with Gasteiger partial charge < -0.3 is 20.9 Å². The first-order chi connectivity index (χ1) is 14.1. The van der Waals surface area contributed by atoms with Gasteiger partial charge in [0.05, 0.1) is 5.39 Å². The Balaban J connectivity index is 1.52. The van der Waals surface area contributed by atoms with Crippen molar-refractivity contribution in [1.29, 1.82) is 0 Å². The smallest absolute Gasteiger partial charge is 0.152 e.